The fraction of sp³-hybridized carbons (Fsp3) is 0.758. The molecule has 0 aliphatic rings. The van der Waals surface area contributed by atoms with Crippen LogP contribution in [0.1, 0.15) is 92.8 Å². The Kier molecular flexibility index (Phi) is 17.9. The van der Waals surface area contributed by atoms with Crippen molar-refractivity contribution in [1.29, 1.82) is 0 Å². The molecule has 6 N–H and O–H groups in total. The Hall–Kier alpha value is -3.46. The van der Waals surface area contributed by atoms with Gasteiger partial charge in [-0.3, -0.25) is 14.4 Å². The zero-order valence-electron chi connectivity index (χ0n) is 30.4. The first-order chi connectivity index (χ1) is 22.2. The van der Waals surface area contributed by atoms with Crippen molar-refractivity contribution in [2.24, 2.45) is 23.7 Å². The monoisotopic (exact) mass is 698 g/mol. The number of rotatable bonds is 18. The summed E-state index contributed by atoms with van der Waals surface area (Å²) >= 11 is 1.32. The van der Waals surface area contributed by atoms with Crippen LogP contribution in [0.25, 0.3) is 0 Å². The van der Waals surface area contributed by atoms with Crippen LogP contribution in [0.2, 0.25) is 0 Å². The summed E-state index contributed by atoms with van der Waals surface area (Å²) in [4.78, 5) is 68.7. The van der Waals surface area contributed by atoms with E-state index in [-0.39, 0.29) is 43.2 Å². The molecule has 48 heavy (non-hydrogen) atoms. The molecule has 1 aromatic heterocycles. The maximum Gasteiger partial charge on any atom is 0.408 e. The van der Waals surface area contributed by atoms with Gasteiger partial charge in [-0.15, -0.1) is 11.3 Å². The van der Waals surface area contributed by atoms with Crippen molar-refractivity contribution >= 4 is 41.2 Å². The van der Waals surface area contributed by atoms with Gasteiger partial charge in [0.1, 0.15) is 29.3 Å². The molecule has 0 saturated heterocycles. The molecule has 14 nitrogen and oxygen atoms in total. The fourth-order valence-corrected chi connectivity index (χ4v) is 5.15. The lowest BCUT2D eigenvalue weighted by Crippen LogP contribution is -2.57. The van der Waals surface area contributed by atoms with E-state index in [1.54, 1.807) is 27.7 Å². The minimum Gasteiger partial charge on any atom is -0.444 e. The molecule has 5 amide bonds. The van der Waals surface area contributed by atoms with Crippen LogP contribution in [0.15, 0.2) is 5.38 Å². The van der Waals surface area contributed by atoms with Gasteiger partial charge in [0.05, 0.1) is 18.7 Å². The molecule has 1 aromatic rings. The molecule has 1 rings (SSSR count). The molecular formula is C33H58N6O8S. The maximum absolute atomic E-state index is 13.6. The van der Waals surface area contributed by atoms with E-state index in [2.05, 4.69) is 31.6 Å². The second-order valence-electron chi connectivity index (χ2n) is 14.4. The van der Waals surface area contributed by atoms with E-state index >= 15 is 0 Å². The highest BCUT2D eigenvalue weighted by Gasteiger charge is 2.32. The fourth-order valence-electron chi connectivity index (χ4n) is 4.47. The van der Waals surface area contributed by atoms with Crippen molar-refractivity contribution in [3.63, 3.8) is 0 Å². The number of aromatic nitrogens is 1. The Morgan fingerprint density at radius 3 is 2.00 bits per heavy atom. The number of aliphatic hydroxyl groups excluding tert-OH is 1. The van der Waals surface area contributed by atoms with Crippen LogP contribution in [0.4, 0.5) is 9.59 Å². The Labute approximate surface area is 289 Å². The number of nitrogens with one attached hydrogen (secondary N) is 5. The SMILES string of the molecule is Cc1csc(COC(=O)N[C@@H](CNC(=O)OC(C)(C)C)C(=O)N[C@@H](CC(C)C)[C@@H](O)C[C@@H](C)C(=O)N[C@H](C(=O)NCC(C)C)C(C)C)n1. The molecule has 15 heteroatoms. The summed E-state index contributed by atoms with van der Waals surface area (Å²) in [7, 11) is 0. The van der Waals surface area contributed by atoms with Gasteiger partial charge in [0, 0.05) is 23.5 Å². The molecule has 0 fully saturated rings. The Morgan fingerprint density at radius 2 is 1.48 bits per heavy atom. The van der Waals surface area contributed by atoms with Gasteiger partial charge in [0.25, 0.3) is 0 Å². The van der Waals surface area contributed by atoms with Gasteiger partial charge in [0.15, 0.2) is 0 Å². The lowest BCUT2D eigenvalue weighted by Gasteiger charge is -2.30. The summed E-state index contributed by atoms with van der Waals surface area (Å²) < 4.78 is 10.5. The molecule has 0 aliphatic carbocycles. The number of thiazole rings is 1. The molecule has 0 spiro atoms. The highest BCUT2D eigenvalue weighted by atomic mass is 32.1. The third-order valence-electron chi connectivity index (χ3n) is 6.94. The van der Waals surface area contributed by atoms with E-state index in [0.29, 0.717) is 18.0 Å². The first-order valence-corrected chi connectivity index (χ1v) is 17.4. The second-order valence-corrected chi connectivity index (χ2v) is 15.3. The summed E-state index contributed by atoms with van der Waals surface area (Å²) in [5, 5.41) is 27.1. The molecule has 0 saturated carbocycles. The van der Waals surface area contributed by atoms with E-state index in [4.69, 9.17) is 9.47 Å². The highest BCUT2D eigenvalue weighted by molar-refractivity contribution is 7.09. The number of alkyl carbamates (subject to hydrolysis) is 2. The summed E-state index contributed by atoms with van der Waals surface area (Å²) in [5.74, 6) is -1.93. The van der Waals surface area contributed by atoms with Crippen LogP contribution < -0.4 is 26.6 Å². The number of nitrogens with zero attached hydrogens (tertiary/aromatic N) is 1. The highest BCUT2D eigenvalue weighted by Crippen LogP contribution is 2.17. The minimum atomic E-state index is -1.29. The van der Waals surface area contributed by atoms with Gasteiger partial charge >= 0.3 is 12.2 Å². The molecule has 0 unspecified atom stereocenters. The van der Waals surface area contributed by atoms with E-state index < -0.39 is 59.7 Å². The average Bonchev–Trinajstić information content (AvgIpc) is 3.38. The Bertz CT molecular complexity index is 1200. The normalized spacial score (nSPS) is 14.8. The van der Waals surface area contributed by atoms with Crippen LogP contribution >= 0.6 is 11.3 Å². The standard InChI is InChI=1S/C33H58N6O8S/c1-18(2)12-23(25(40)13-21(7)28(41)39-27(20(5)6)30(43)34-14-19(3)4)37-29(42)24(15-35-31(44)47-33(9,10)11)38-32(45)46-16-26-36-22(8)17-48-26/h17-21,23-25,27,40H,12-16H2,1-11H3,(H,34,43)(H,35,44)(H,37,42)(H,38,45)(H,39,41)/t21-,23+,24+,25+,27+/m1/s1. The van der Waals surface area contributed by atoms with Crippen molar-refractivity contribution < 1.29 is 38.6 Å². The number of amides is 5. The molecule has 0 radical (unpaired) electrons. The third-order valence-corrected chi connectivity index (χ3v) is 7.88. The molecular weight excluding hydrogens is 640 g/mol. The number of carbonyl (C=O) groups excluding carboxylic acids is 5. The minimum absolute atomic E-state index is 0.00848. The van der Waals surface area contributed by atoms with E-state index in [1.165, 1.54) is 11.3 Å². The number of carbonyl (C=O) groups is 5. The van der Waals surface area contributed by atoms with E-state index in [9.17, 15) is 29.1 Å². The first-order valence-electron chi connectivity index (χ1n) is 16.6. The number of aryl methyl sites for hydroxylation is 1. The quantitative estimate of drug-likeness (QED) is 0.133. The Balaban J connectivity index is 3.02. The zero-order chi connectivity index (χ0) is 36.8. The van der Waals surface area contributed by atoms with Crippen molar-refractivity contribution in [3.8, 4) is 0 Å². The number of hydrogen-bond acceptors (Lipinski definition) is 10. The zero-order valence-corrected chi connectivity index (χ0v) is 31.2. The van der Waals surface area contributed by atoms with Gasteiger partial charge in [0.2, 0.25) is 17.7 Å². The molecule has 0 aliphatic heterocycles. The summed E-state index contributed by atoms with van der Waals surface area (Å²) in [5.41, 5.74) is -0.00556. The van der Waals surface area contributed by atoms with Crippen LogP contribution in [0.5, 0.6) is 0 Å². The Morgan fingerprint density at radius 1 is 0.833 bits per heavy atom. The van der Waals surface area contributed by atoms with E-state index in [0.717, 1.165) is 5.69 Å². The smallest absolute Gasteiger partial charge is 0.408 e. The number of aliphatic hydroxyl groups is 1. The predicted octanol–water partition coefficient (Wildman–Crippen LogP) is 3.40. The number of hydrogen-bond donors (Lipinski definition) is 6. The van der Waals surface area contributed by atoms with Gasteiger partial charge in [-0.2, -0.15) is 0 Å². The number of ether oxygens (including phenoxy) is 2. The van der Waals surface area contributed by atoms with Crippen molar-refractivity contribution in [2.75, 3.05) is 13.1 Å². The largest absolute Gasteiger partial charge is 0.444 e. The predicted molar refractivity (Wildman–Crippen MR) is 184 cm³/mol. The van der Waals surface area contributed by atoms with Gasteiger partial charge in [-0.05, 0) is 58.3 Å². The van der Waals surface area contributed by atoms with Crippen LogP contribution in [-0.2, 0) is 30.5 Å². The van der Waals surface area contributed by atoms with Crippen molar-refractivity contribution in [2.45, 2.75) is 125 Å². The van der Waals surface area contributed by atoms with E-state index in [1.807, 2.05) is 53.8 Å². The molecule has 1 heterocycles. The summed E-state index contributed by atoms with van der Waals surface area (Å²) in [6.07, 6.45) is -2.50. The van der Waals surface area contributed by atoms with Gasteiger partial charge < -0.3 is 41.2 Å². The lowest BCUT2D eigenvalue weighted by atomic mass is 9.91. The lowest BCUT2D eigenvalue weighted by molar-refractivity contribution is -0.132. The van der Waals surface area contributed by atoms with Crippen molar-refractivity contribution in [1.82, 2.24) is 31.6 Å². The van der Waals surface area contributed by atoms with Crippen LogP contribution in [-0.4, -0.2) is 82.9 Å². The van der Waals surface area contributed by atoms with Crippen LogP contribution in [0, 0.1) is 30.6 Å². The maximum atomic E-state index is 13.6. The van der Waals surface area contributed by atoms with Gasteiger partial charge in [-0.25, -0.2) is 14.6 Å². The third kappa shape index (κ3) is 17.1. The van der Waals surface area contributed by atoms with Crippen molar-refractivity contribution in [3.05, 3.63) is 16.1 Å². The first kappa shape index (κ1) is 42.6. The van der Waals surface area contributed by atoms with Crippen LogP contribution in [0.3, 0.4) is 0 Å². The topological polar surface area (TPSA) is 197 Å². The molecule has 274 valence electrons. The summed E-state index contributed by atoms with van der Waals surface area (Å²) in [6.45, 7) is 20.0. The van der Waals surface area contributed by atoms with Gasteiger partial charge in [-0.1, -0.05) is 48.5 Å². The molecule has 0 aromatic carbocycles. The second kappa shape index (κ2) is 20.1. The molecule has 5 atom stereocenters. The summed E-state index contributed by atoms with van der Waals surface area (Å²) in [6, 6.07) is -2.84. The molecule has 0 bridgehead atoms. The average molecular weight is 699 g/mol.